The van der Waals surface area contributed by atoms with E-state index >= 15 is 0 Å². The minimum absolute atomic E-state index is 0.180. The molecule has 0 unspecified atom stereocenters. The Kier molecular flexibility index (Phi) is 5.92. The number of aromatic nitrogens is 5. The molecule has 3 aromatic heterocycles. The number of rotatable bonds is 5. The maximum Gasteiger partial charge on any atom is 0.267 e. The minimum atomic E-state index is -0.316. The Hall–Kier alpha value is -3.36. The van der Waals surface area contributed by atoms with Crippen LogP contribution in [0.4, 0.5) is 0 Å². The number of nitrogens with one attached hydrogen (secondary N) is 1. The van der Waals surface area contributed by atoms with Crippen LogP contribution in [0.2, 0.25) is 0 Å². The summed E-state index contributed by atoms with van der Waals surface area (Å²) in [5.41, 5.74) is 2.13. The first kappa shape index (κ1) is 20.9. The molecule has 1 saturated carbocycles. The zero-order chi connectivity index (χ0) is 22.0. The SMILES string of the molecule is Cc1cnc(-c2nnc(C3CCC(CNC(=O)c4ccc(C)n(C)c4=O)CC3)o2)cn1. The molecule has 1 N–H and O–H groups in total. The van der Waals surface area contributed by atoms with E-state index in [1.807, 2.05) is 13.8 Å². The second-order valence-electron chi connectivity index (χ2n) is 8.17. The van der Waals surface area contributed by atoms with Crippen molar-refractivity contribution in [1.82, 2.24) is 30.0 Å². The van der Waals surface area contributed by atoms with Crippen LogP contribution in [0.5, 0.6) is 0 Å². The van der Waals surface area contributed by atoms with Crippen molar-refractivity contribution >= 4 is 5.91 Å². The number of nitrogens with zero attached hydrogens (tertiary/aromatic N) is 5. The van der Waals surface area contributed by atoms with Gasteiger partial charge in [-0.05, 0) is 57.6 Å². The van der Waals surface area contributed by atoms with Crippen LogP contribution in [0.1, 0.15) is 59.2 Å². The molecule has 1 fully saturated rings. The lowest BCUT2D eigenvalue weighted by atomic mass is 9.82. The Morgan fingerprint density at radius 3 is 2.61 bits per heavy atom. The Morgan fingerprint density at radius 1 is 1.13 bits per heavy atom. The van der Waals surface area contributed by atoms with Gasteiger partial charge in [0, 0.05) is 31.4 Å². The highest BCUT2D eigenvalue weighted by atomic mass is 16.4. The molecule has 0 bridgehead atoms. The summed E-state index contributed by atoms with van der Waals surface area (Å²) in [4.78, 5) is 33.2. The molecule has 1 aliphatic rings. The number of amides is 1. The lowest BCUT2D eigenvalue weighted by Crippen LogP contribution is -2.36. The van der Waals surface area contributed by atoms with Crippen molar-refractivity contribution in [3.05, 3.63) is 57.7 Å². The quantitative estimate of drug-likeness (QED) is 0.672. The van der Waals surface area contributed by atoms with Gasteiger partial charge in [-0.1, -0.05) is 0 Å². The first-order valence-electron chi connectivity index (χ1n) is 10.5. The van der Waals surface area contributed by atoms with Gasteiger partial charge in [0.1, 0.15) is 11.3 Å². The largest absolute Gasteiger partial charge is 0.419 e. The van der Waals surface area contributed by atoms with E-state index in [0.29, 0.717) is 29.9 Å². The number of pyridine rings is 1. The fourth-order valence-electron chi connectivity index (χ4n) is 3.85. The lowest BCUT2D eigenvalue weighted by molar-refractivity contribution is 0.0940. The van der Waals surface area contributed by atoms with E-state index in [-0.39, 0.29) is 22.9 Å². The zero-order valence-electron chi connectivity index (χ0n) is 18.0. The Morgan fingerprint density at radius 2 is 1.90 bits per heavy atom. The Balaban J connectivity index is 1.30. The topological polar surface area (TPSA) is 116 Å². The Labute approximate surface area is 179 Å². The average molecular weight is 422 g/mol. The molecule has 0 aliphatic heterocycles. The monoisotopic (exact) mass is 422 g/mol. The Bertz CT molecular complexity index is 1130. The highest BCUT2D eigenvalue weighted by Crippen LogP contribution is 2.35. The molecule has 9 heteroatoms. The smallest absolute Gasteiger partial charge is 0.267 e. The first-order valence-corrected chi connectivity index (χ1v) is 10.5. The maximum atomic E-state index is 12.4. The van der Waals surface area contributed by atoms with Crippen molar-refractivity contribution in [3.8, 4) is 11.6 Å². The van der Waals surface area contributed by atoms with Crippen LogP contribution in [0, 0.1) is 19.8 Å². The summed E-state index contributed by atoms with van der Waals surface area (Å²) in [7, 11) is 1.67. The van der Waals surface area contributed by atoms with Crippen LogP contribution in [-0.2, 0) is 7.05 Å². The van der Waals surface area contributed by atoms with E-state index in [2.05, 4.69) is 25.5 Å². The third-order valence-corrected chi connectivity index (χ3v) is 5.99. The summed E-state index contributed by atoms with van der Waals surface area (Å²) >= 11 is 0. The molecule has 3 heterocycles. The van der Waals surface area contributed by atoms with Crippen molar-refractivity contribution < 1.29 is 9.21 Å². The molecule has 162 valence electrons. The van der Waals surface area contributed by atoms with Crippen molar-refractivity contribution in [2.24, 2.45) is 13.0 Å². The summed E-state index contributed by atoms with van der Waals surface area (Å²) < 4.78 is 7.33. The summed E-state index contributed by atoms with van der Waals surface area (Å²) in [5.74, 6) is 1.26. The summed E-state index contributed by atoms with van der Waals surface area (Å²) in [6.07, 6.45) is 7.01. The van der Waals surface area contributed by atoms with Crippen molar-refractivity contribution in [2.75, 3.05) is 6.54 Å². The van der Waals surface area contributed by atoms with Crippen molar-refractivity contribution in [1.29, 1.82) is 0 Å². The second kappa shape index (κ2) is 8.79. The molecule has 3 aromatic rings. The van der Waals surface area contributed by atoms with E-state index < -0.39 is 0 Å². The minimum Gasteiger partial charge on any atom is -0.419 e. The van der Waals surface area contributed by atoms with E-state index in [4.69, 9.17) is 4.42 Å². The van der Waals surface area contributed by atoms with Gasteiger partial charge in [-0.25, -0.2) is 4.98 Å². The molecule has 1 aliphatic carbocycles. The van der Waals surface area contributed by atoms with Gasteiger partial charge in [-0.2, -0.15) is 0 Å². The fourth-order valence-corrected chi connectivity index (χ4v) is 3.85. The van der Waals surface area contributed by atoms with E-state index in [9.17, 15) is 9.59 Å². The molecule has 0 aromatic carbocycles. The number of hydrogen-bond donors (Lipinski definition) is 1. The summed E-state index contributed by atoms with van der Waals surface area (Å²) in [6.45, 7) is 4.26. The second-order valence-corrected chi connectivity index (χ2v) is 8.17. The van der Waals surface area contributed by atoms with Crippen LogP contribution in [0.15, 0.2) is 33.7 Å². The van der Waals surface area contributed by atoms with Crippen molar-refractivity contribution in [2.45, 2.75) is 45.4 Å². The van der Waals surface area contributed by atoms with Gasteiger partial charge in [-0.3, -0.25) is 14.6 Å². The standard InChI is InChI=1S/C22H26N6O3/c1-13-10-24-18(12-23-13)21-27-26-20(31-21)16-7-5-15(6-8-16)11-25-19(29)17-9-4-14(2)28(3)22(17)30/h4,9-10,12,15-16H,5-8,11H2,1-3H3,(H,25,29). The molecule has 0 saturated heterocycles. The molecular weight excluding hydrogens is 396 g/mol. The lowest BCUT2D eigenvalue weighted by Gasteiger charge is -2.26. The number of hydrogen-bond acceptors (Lipinski definition) is 7. The molecule has 1 amide bonds. The third-order valence-electron chi connectivity index (χ3n) is 5.99. The zero-order valence-corrected chi connectivity index (χ0v) is 18.0. The molecule has 0 spiro atoms. The maximum absolute atomic E-state index is 12.4. The van der Waals surface area contributed by atoms with Gasteiger partial charge in [0.15, 0.2) is 0 Å². The summed E-state index contributed by atoms with van der Waals surface area (Å²) in [6, 6.07) is 3.37. The van der Waals surface area contributed by atoms with Crippen LogP contribution in [-0.4, -0.2) is 37.2 Å². The highest BCUT2D eigenvalue weighted by molar-refractivity contribution is 5.93. The van der Waals surface area contributed by atoms with Crippen LogP contribution in [0.25, 0.3) is 11.6 Å². The van der Waals surface area contributed by atoms with Crippen LogP contribution >= 0.6 is 0 Å². The highest BCUT2D eigenvalue weighted by Gasteiger charge is 2.27. The summed E-state index contributed by atoms with van der Waals surface area (Å²) in [5, 5.41) is 11.3. The molecular formula is C22H26N6O3. The number of carbonyl (C=O) groups is 1. The molecule has 4 rings (SSSR count). The van der Waals surface area contributed by atoms with Gasteiger partial charge in [0.25, 0.3) is 17.4 Å². The van der Waals surface area contributed by atoms with Gasteiger partial charge in [0.2, 0.25) is 5.89 Å². The van der Waals surface area contributed by atoms with Crippen molar-refractivity contribution in [3.63, 3.8) is 0 Å². The molecule has 0 radical (unpaired) electrons. The van der Waals surface area contributed by atoms with Gasteiger partial charge < -0.3 is 14.3 Å². The van der Waals surface area contributed by atoms with E-state index in [0.717, 1.165) is 37.1 Å². The average Bonchev–Trinajstić information content (AvgIpc) is 3.27. The van der Waals surface area contributed by atoms with E-state index in [1.54, 1.807) is 31.6 Å². The normalized spacial score (nSPS) is 18.7. The van der Waals surface area contributed by atoms with E-state index in [1.165, 1.54) is 4.57 Å². The molecule has 0 atom stereocenters. The van der Waals surface area contributed by atoms with Crippen LogP contribution in [0.3, 0.4) is 0 Å². The third kappa shape index (κ3) is 4.55. The van der Waals surface area contributed by atoms with Crippen LogP contribution < -0.4 is 10.9 Å². The fraction of sp³-hybridized carbons (Fsp3) is 0.455. The first-order chi connectivity index (χ1) is 14.9. The predicted molar refractivity (Wildman–Crippen MR) is 114 cm³/mol. The molecule has 31 heavy (non-hydrogen) atoms. The van der Waals surface area contributed by atoms with Gasteiger partial charge in [0.05, 0.1) is 11.9 Å². The van der Waals surface area contributed by atoms with Gasteiger partial charge in [-0.15, -0.1) is 10.2 Å². The predicted octanol–water partition coefficient (Wildman–Crippen LogP) is 2.55. The van der Waals surface area contributed by atoms with Gasteiger partial charge >= 0.3 is 0 Å². The number of carbonyl (C=O) groups excluding carboxylic acids is 1. The molecule has 9 nitrogen and oxygen atoms in total. The number of aryl methyl sites for hydroxylation is 2.